The van der Waals surface area contributed by atoms with E-state index in [0.29, 0.717) is 27.7 Å². The van der Waals surface area contributed by atoms with Crippen LogP contribution in [0, 0.1) is 0 Å². The molecule has 2 heterocycles. The number of thioether (sulfide) groups is 1. The van der Waals surface area contributed by atoms with Crippen LogP contribution in [0.5, 0.6) is 5.75 Å². The zero-order chi connectivity index (χ0) is 27.2. The Kier molecular flexibility index (Phi) is 8.07. The number of aromatic nitrogens is 1. The van der Waals surface area contributed by atoms with Crippen LogP contribution in [0.3, 0.4) is 0 Å². The van der Waals surface area contributed by atoms with Crippen molar-refractivity contribution in [2.75, 3.05) is 26.6 Å². The third-order valence-corrected chi connectivity index (χ3v) is 6.80. The molecule has 4 rings (SSSR count). The van der Waals surface area contributed by atoms with Gasteiger partial charge in [0.2, 0.25) is 5.91 Å². The van der Waals surface area contributed by atoms with Crippen LogP contribution >= 0.6 is 11.8 Å². The summed E-state index contributed by atoms with van der Waals surface area (Å²) in [5, 5.41) is 2.32. The summed E-state index contributed by atoms with van der Waals surface area (Å²) in [6.07, 6.45) is 1.62. The van der Waals surface area contributed by atoms with Crippen LogP contribution in [-0.2, 0) is 14.3 Å². The van der Waals surface area contributed by atoms with Crippen molar-refractivity contribution in [3.63, 3.8) is 0 Å². The molecule has 1 unspecified atom stereocenters. The van der Waals surface area contributed by atoms with Crippen molar-refractivity contribution in [3.05, 3.63) is 89.4 Å². The highest BCUT2D eigenvalue weighted by Gasteiger charge is 2.37. The molecule has 38 heavy (non-hydrogen) atoms. The maximum atomic E-state index is 13.5. The Morgan fingerprint density at radius 2 is 1.71 bits per heavy atom. The number of nitrogens with one attached hydrogen (secondary N) is 1. The number of rotatable bonds is 7. The first-order valence-corrected chi connectivity index (χ1v) is 12.2. The van der Waals surface area contributed by atoms with Crippen LogP contribution in [0.1, 0.15) is 26.4 Å². The van der Waals surface area contributed by atoms with Crippen molar-refractivity contribution >= 4 is 51.6 Å². The lowest BCUT2D eigenvalue weighted by atomic mass is 10.1. The SMILES string of the molecule is COC(=O)c1ccc(C(=O)OC)c(NC(=O)C2SC(=Nc3ccc(OC)cc3)C(c3ccccn3)=C2N)c1. The van der Waals surface area contributed by atoms with Gasteiger partial charge in [-0.15, -0.1) is 0 Å². The molecule has 0 spiro atoms. The monoisotopic (exact) mass is 532 g/mol. The second-order valence-electron chi connectivity index (χ2n) is 7.89. The van der Waals surface area contributed by atoms with Crippen molar-refractivity contribution in [1.82, 2.24) is 4.98 Å². The number of anilines is 1. The quantitative estimate of drug-likeness (QED) is 0.434. The van der Waals surface area contributed by atoms with E-state index in [-0.39, 0.29) is 22.5 Å². The molecule has 0 saturated carbocycles. The standard InChI is InChI=1S/C27H24N4O6S/c1-35-17-10-8-16(9-11-17)30-25-21(19-6-4-5-13-29-19)22(28)23(38-25)24(32)31-20-14-15(26(33)36-2)7-12-18(20)27(34)37-3/h4-14,23H,28H2,1-3H3,(H,31,32). The Morgan fingerprint density at radius 1 is 0.974 bits per heavy atom. The van der Waals surface area contributed by atoms with Gasteiger partial charge in [-0.1, -0.05) is 17.8 Å². The van der Waals surface area contributed by atoms with Crippen molar-refractivity contribution in [3.8, 4) is 5.75 Å². The topological polar surface area (TPSA) is 142 Å². The van der Waals surface area contributed by atoms with E-state index in [2.05, 4.69) is 10.3 Å². The normalized spacial score (nSPS) is 15.8. The number of esters is 2. The number of nitrogens with two attached hydrogens (primary N) is 1. The molecule has 10 nitrogen and oxygen atoms in total. The number of hydrogen-bond donors (Lipinski definition) is 2. The highest BCUT2D eigenvalue weighted by atomic mass is 32.2. The van der Waals surface area contributed by atoms with Crippen molar-refractivity contribution in [2.24, 2.45) is 10.7 Å². The van der Waals surface area contributed by atoms with Gasteiger partial charge in [0, 0.05) is 11.9 Å². The summed E-state index contributed by atoms with van der Waals surface area (Å²) in [6, 6.07) is 16.6. The Morgan fingerprint density at radius 3 is 2.34 bits per heavy atom. The fraction of sp³-hybridized carbons (Fsp3) is 0.148. The molecule has 1 aliphatic rings. The van der Waals surface area contributed by atoms with Crippen LogP contribution in [0.25, 0.3) is 5.57 Å². The van der Waals surface area contributed by atoms with Gasteiger partial charge >= 0.3 is 11.9 Å². The van der Waals surface area contributed by atoms with E-state index in [1.54, 1.807) is 49.7 Å². The summed E-state index contributed by atoms with van der Waals surface area (Å²) >= 11 is 1.15. The Hall–Kier alpha value is -4.64. The lowest BCUT2D eigenvalue weighted by molar-refractivity contribution is -0.115. The summed E-state index contributed by atoms with van der Waals surface area (Å²) in [7, 11) is 4.03. The van der Waals surface area contributed by atoms with E-state index in [9.17, 15) is 14.4 Å². The fourth-order valence-corrected chi connectivity index (χ4v) is 4.82. The average Bonchev–Trinajstić information content (AvgIpc) is 3.28. The molecule has 3 aromatic rings. The minimum Gasteiger partial charge on any atom is -0.497 e. The zero-order valence-corrected chi connectivity index (χ0v) is 21.6. The summed E-state index contributed by atoms with van der Waals surface area (Å²) in [6.45, 7) is 0. The van der Waals surface area contributed by atoms with E-state index in [0.717, 1.165) is 11.8 Å². The van der Waals surface area contributed by atoms with E-state index in [1.807, 2.05) is 6.07 Å². The lowest BCUT2D eigenvalue weighted by Crippen LogP contribution is -2.29. The zero-order valence-electron chi connectivity index (χ0n) is 20.8. The molecule has 3 N–H and O–H groups in total. The predicted molar refractivity (Wildman–Crippen MR) is 145 cm³/mol. The summed E-state index contributed by atoms with van der Waals surface area (Å²) in [4.78, 5) is 47.0. The largest absolute Gasteiger partial charge is 0.497 e. The van der Waals surface area contributed by atoms with Crippen LogP contribution in [0.2, 0.25) is 0 Å². The minimum atomic E-state index is -0.892. The van der Waals surface area contributed by atoms with Crippen molar-refractivity contribution < 1.29 is 28.6 Å². The molecule has 0 saturated heterocycles. The van der Waals surface area contributed by atoms with Gasteiger partial charge in [0.15, 0.2) is 0 Å². The van der Waals surface area contributed by atoms with Gasteiger partial charge < -0.3 is 25.3 Å². The molecular formula is C27H24N4O6S. The lowest BCUT2D eigenvalue weighted by Gasteiger charge is -2.15. The van der Waals surface area contributed by atoms with Crippen LogP contribution in [0.4, 0.5) is 11.4 Å². The third kappa shape index (κ3) is 5.52. The van der Waals surface area contributed by atoms with Crippen molar-refractivity contribution in [1.29, 1.82) is 0 Å². The first kappa shape index (κ1) is 26.4. The number of benzene rings is 2. The molecule has 1 amide bonds. The van der Waals surface area contributed by atoms with E-state index in [1.165, 1.54) is 32.4 Å². The highest BCUT2D eigenvalue weighted by Crippen LogP contribution is 2.39. The Labute approximate surface area is 222 Å². The van der Waals surface area contributed by atoms with E-state index in [4.69, 9.17) is 24.9 Å². The molecular weight excluding hydrogens is 508 g/mol. The molecule has 1 aromatic heterocycles. The maximum absolute atomic E-state index is 13.5. The van der Waals surface area contributed by atoms with Crippen LogP contribution < -0.4 is 15.8 Å². The minimum absolute atomic E-state index is 0.0659. The highest BCUT2D eigenvalue weighted by molar-refractivity contribution is 8.16. The van der Waals surface area contributed by atoms with Crippen LogP contribution in [-0.4, -0.2) is 54.5 Å². The van der Waals surface area contributed by atoms with Gasteiger partial charge in [0.05, 0.1) is 55.1 Å². The van der Waals surface area contributed by atoms with Gasteiger partial charge in [-0.2, -0.15) is 0 Å². The number of methoxy groups -OCH3 is 3. The third-order valence-electron chi connectivity index (χ3n) is 5.58. The molecule has 1 atom stereocenters. The molecule has 2 aromatic carbocycles. The Balaban J connectivity index is 1.72. The average molecular weight is 533 g/mol. The molecule has 11 heteroatoms. The summed E-state index contributed by atoms with van der Waals surface area (Å²) < 4.78 is 14.8. The molecule has 1 aliphatic heterocycles. The van der Waals surface area contributed by atoms with Crippen LogP contribution in [0.15, 0.2) is 77.5 Å². The summed E-state index contributed by atoms with van der Waals surface area (Å²) in [5.41, 5.74) is 8.78. The molecule has 0 fully saturated rings. The smallest absolute Gasteiger partial charge is 0.339 e. The van der Waals surface area contributed by atoms with E-state index >= 15 is 0 Å². The molecule has 0 aliphatic carbocycles. The molecule has 0 bridgehead atoms. The number of amides is 1. The predicted octanol–water partition coefficient (Wildman–Crippen LogP) is 3.82. The number of pyridine rings is 1. The number of ether oxygens (including phenoxy) is 3. The second kappa shape index (κ2) is 11.6. The van der Waals surface area contributed by atoms with Gasteiger partial charge in [0.1, 0.15) is 16.0 Å². The second-order valence-corrected chi connectivity index (χ2v) is 8.98. The van der Waals surface area contributed by atoms with E-state index < -0.39 is 23.1 Å². The number of carbonyl (C=O) groups excluding carboxylic acids is 3. The number of aliphatic imine (C=N–C) groups is 1. The van der Waals surface area contributed by atoms with Gasteiger partial charge in [0.25, 0.3) is 0 Å². The fourth-order valence-electron chi connectivity index (χ4n) is 3.69. The number of nitrogens with zero attached hydrogens (tertiary/aromatic N) is 2. The first-order valence-electron chi connectivity index (χ1n) is 11.3. The van der Waals surface area contributed by atoms with Crippen molar-refractivity contribution in [2.45, 2.75) is 5.25 Å². The Bertz CT molecular complexity index is 1440. The molecule has 0 radical (unpaired) electrons. The summed E-state index contributed by atoms with van der Waals surface area (Å²) in [5.74, 6) is -1.15. The molecule has 194 valence electrons. The maximum Gasteiger partial charge on any atom is 0.339 e. The van der Waals surface area contributed by atoms with Gasteiger partial charge in [-0.3, -0.25) is 9.78 Å². The number of hydrogen-bond acceptors (Lipinski definition) is 10. The van der Waals surface area contributed by atoms with Gasteiger partial charge in [-0.05, 0) is 54.6 Å². The van der Waals surface area contributed by atoms with Gasteiger partial charge in [-0.25, -0.2) is 14.6 Å². The first-order chi connectivity index (χ1) is 18.4. The number of carbonyl (C=O) groups is 3.